The Bertz CT molecular complexity index is 627. The normalized spacial score (nSPS) is 15.2. The minimum absolute atomic E-state index is 0. The van der Waals surface area contributed by atoms with Crippen molar-refractivity contribution in [3.05, 3.63) is 22.7 Å². The Morgan fingerprint density at radius 1 is 1.29 bits per heavy atom. The predicted octanol–water partition coefficient (Wildman–Crippen LogP) is 3.35. The summed E-state index contributed by atoms with van der Waals surface area (Å²) in [4.78, 5) is 20.2. The van der Waals surface area contributed by atoms with Crippen LogP contribution in [0.25, 0.3) is 10.2 Å². The molecule has 1 amide bonds. The lowest BCUT2D eigenvalue weighted by atomic mass is 10.2. The number of nitrogens with zero attached hydrogens (tertiary/aromatic N) is 3. The van der Waals surface area contributed by atoms with Gasteiger partial charge in [-0.1, -0.05) is 29.0 Å². The van der Waals surface area contributed by atoms with Crippen LogP contribution in [0.5, 0.6) is 0 Å². The first-order valence-electron chi connectivity index (χ1n) is 6.62. The maximum absolute atomic E-state index is 11.3. The number of amides is 1. The van der Waals surface area contributed by atoms with Gasteiger partial charge in [0.25, 0.3) is 0 Å². The minimum Gasteiger partial charge on any atom is -0.345 e. The van der Waals surface area contributed by atoms with Crippen LogP contribution in [0.3, 0.4) is 0 Å². The van der Waals surface area contributed by atoms with Gasteiger partial charge in [-0.15, -0.1) is 12.4 Å². The van der Waals surface area contributed by atoms with Gasteiger partial charge in [0.2, 0.25) is 5.91 Å². The first-order valence-corrected chi connectivity index (χ1v) is 7.82. The largest absolute Gasteiger partial charge is 0.345 e. The van der Waals surface area contributed by atoms with Crippen LogP contribution >= 0.6 is 35.3 Å². The van der Waals surface area contributed by atoms with Gasteiger partial charge in [0.15, 0.2) is 5.13 Å². The molecular weight excluding hydrogens is 329 g/mol. The van der Waals surface area contributed by atoms with Crippen LogP contribution in [0.2, 0.25) is 5.02 Å². The summed E-state index contributed by atoms with van der Waals surface area (Å²) in [6.07, 6.45) is 0. The number of piperazine rings is 1. The summed E-state index contributed by atoms with van der Waals surface area (Å²) in [5.41, 5.74) is 2.14. The Labute approximate surface area is 139 Å². The molecule has 1 saturated heterocycles. The number of carbonyl (C=O) groups excluding carboxylic acids is 1. The van der Waals surface area contributed by atoms with Crippen molar-refractivity contribution in [2.45, 2.75) is 13.8 Å². The van der Waals surface area contributed by atoms with Gasteiger partial charge in [0.05, 0.1) is 15.2 Å². The highest BCUT2D eigenvalue weighted by Gasteiger charge is 2.21. The summed E-state index contributed by atoms with van der Waals surface area (Å²) in [5.74, 6) is 0.146. The zero-order chi connectivity index (χ0) is 14.3. The van der Waals surface area contributed by atoms with Crippen molar-refractivity contribution in [3.8, 4) is 0 Å². The van der Waals surface area contributed by atoms with Crippen molar-refractivity contribution in [3.63, 3.8) is 0 Å². The number of aryl methyl sites for hydroxylation is 1. The Morgan fingerprint density at radius 2 is 1.95 bits per heavy atom. The smallest absolute Gasteiger partial charge is 0.219 e. The van der Waals surface area contributed by atoms with Gasteiger partial charge < -0.3 is 9.80 Å². The number of hydrogen-bond donors (Lipinski definition) is 0. The molecule has 0 bridgehead atoms. The lowest BCUT2D eigenvalue weighted by Gasteiger charge is -2.33. The second-order valence-corrected chi connectivity index (χ2v) is 6.42. The van der Waals surface area contributed by atoms with Crippen molar-refractivity contribution >= 4 is 56.6 Å². The monoisotopic (exact) mass is 345 g/mol. The quantitative estimate of drug-likeness (QED) is 0.795. The van der Waals surface area contributed by atoms with Crippen LogP contribution in [0.15, 0.2) is 12.1 Å². The van der Waals surface area contributed by atoms with Crippen LogP contribution < -0.4 is 4.90 Å². The first kappa shape index (κ1) is 16.3. The summed E-state index contributed by atoms with van der Waals surface area (Å²) in [7, 11) is 0. The third kappa shape index (κ3) is 3.10. The number of fused-ring (bicyclic) bond motifs is 1. The van der Waals surface area contributed by atoms with Crippen molar-refractivity contribution < 1.29 is 4.79 Å². The van der Waals surface area contributed by atoms with Crippen LogP contribution in [0, 0.1) is 6.92 Å². The topological polar surface area (TPSA) is 36.4 Å². The first-order chi connectivity index (χ1) is 9.56. The standard InChI is InChI=1S/C14H16ClN3OS.ClH/c1-9-3-4-11(15)13-12(9)16-14(20-13)18-7-5-17(6-8-18)10(2)19;/h3-4H,5-8H2,1-2H3;1H. The fourth-order valence-corrected chi connectivity index (χ4v) is 3.81. The lowest BCUT2D eigenvalue weighted by Crippen LogP contribution is -2.48. The fourth-order valence-electron chi connectivity index (χ4n) is 2.44. The second-order valence-electron chi connectivity index (χ2n) is 5.03. The van der Waals surface area contributed by atoms with E-state index in [1.165, 1.54) is 0 Å². The number of aromatic nitrogens is 1. The molecule has 1 fully saturated rings. The average Bonchev–Trinajstić information content (AvgIpc) is 2.89. The van der Waals surface area contributed by atoms with E-state index < -0.39 is 0 Å². The van der Waals surface area contributed by atoms with Crippen molar-refractivity contribution in [1.29, 1.82) is 0 Å². The molecule has 0 radical (unpaired) electrons. The van der Waals surface area contributed by atoms with Gasteiger partial charge in [-0.3, -0.25) is 4.79 Å². The van der Waals surface area contributed by atoms with E-state index in [0.29, 0.717) is 0 Å². The Balaban J connectivity index is 0.00000161. The highest BCUT2D eigenvalue weighted by molar-refractivity contribution is 7.22. The number of anilines is 1. The van der Waals surface area contributed by atoms with E-state index in [1.807, 2.05) is 17.0 Å². The third-order valence-corrected chi connectivity index (χ3v) is 5.26. The maximum Gasteiger partial charge on any atom is 0.219 e. The van der Waals surface area contributed by atoms with E-state index in [9.17, 15) is 4.79 Å². The molecule has 0 atom stereocenters. The molecule has 0 unspecified atom stereocenters. The summed E-state index contributed by atoms with van der Waals surface area (Å²) >= 11 is 7.88. The molecule has 0 N–H and O–H groups in total. The molecule has 0 aliphatic carbocycles. The zero-order valence-electron chi connectivity index (χ0n) is 11.9. The van der Waals surface area contributed by atoms with E-state index in [1.54, 1.807) is 18.3 Å². The summed E-state index contributed by atoms with van der Waals surface area (Å²) in [5, 5.41) is 1.76. The number of rotatable bonds is 1. The molecule has 1 aromatic heterocycles. The van der Waals surface area contributed by atoms with E-state index in [4.69, 9.17) is 16.6 Å². The molecule has 7 heteroatoms. The van der Waals surface area contributed by atoms with Crippen LogP contribution in [-0.4, -0.2) is 42.0 Å². The maximum atomic E-state index is 11.3. The summed E-state index contributed by atoms with van der Waals surface area (Å²) in [6.45, 7) is 6.86. The van der Waals surface area contributed by atoms with E-state index in [0.717, 1.165) is 52.1 Å². The Morgan fingerprint density at radius 3 is 2.52 bits per heavy atom. The molecule has 2 heterocycles. The van der Waals surface area contributed by atoms with E-state index >= 15 is 0 Å². The average molecular weight is 346 g/mol. The highest BCUT2D eigenvalue weighted by atomic mass is 35.5. The predicted molar refractivity (Wildman–Crippen MR) is 91.1 cm³/mol. The summed E-state index contributed by atoms with van der Waals surface area (Å²) < 4.78 is 1.05. The number of halogens is 2. The lowest BCUT2D eigenvalue weighted by molar-refractivity contribution is -0.129. The van der Waals surface area contributed by atoms with Crippen LogP contribution in [0.1, 0.15) is 12.5 Å². The van der Waals surface area contributed by atoms with Crippen LogP contribution in [-0.2, 0) is 4.79 Å². The van der Waals surface area contributed by atoms with Crippen molar-refractivity contribution in [1.82, 2.24) is 9.88 Å². The molecule has 114 valence electrons. The molecule has 3 rings (SSSR count). The van der Waals surface area contributed by atoms with Crippen LogP contribution in [0.4, 0.5) is 5.13 Å². The number of benzene rings is 1. The number of hydrogen-bond acceptors (Lipinski definition) is 4. The molecule has 21 heavy (non-hydrogen) atoms. The Hall–Kier alpha value is -1.04. The molecule has 1 aromatic carbocycles. The third-order valence-electron chi connectivity index (χ3n) is 3.68. The van der Waals surface area contributed by atoms with Gasteiger partial charge in [-0.05, 0) is 18.6 Å². The molecular formula is C14H17Cl2N3OS. The van der Waals surface area contributed by atoms with Crippen molar-refractivity contribution in [2.24, 2.45) is 0 Å². The molecule has 1 aliphatic heterocycles. The van der Waals surface area contributed by atoms with Gasteiger partial charge >= 0.3 is 0 Å². The Kier molecular flexibility index (Phi) is 4.96. The minimum atomic E-state index is 0. The fraction of sp³-hybridized carbons (Fsp3) is 0.429. The van der Waals surface area contributed by atoms with E-state index in [2.05, 4.69) is 11.8 Å². The molecule has 0 spiro atoms. The molecule has 2 aromatic rings. The number of thiazole rings is 1. The molecule has 4 nitrogen and oxygen atoms in total. The zero-order valence-corrected chi connectivity index (χ0v) is 14.3. The van der Waals surface area contributed by atoms with Gasteiger partial charge in [-0.2, -0.15) is 0 Å². The van der Waals surface area contributed by atoms with E-state index in [-0.39, 0.29) is 18.3 Å². The molecule has 0 saturated carbocycles. The second kappa shape index (κ2) is 6.38. The van der Waals surface area contributed by atoms with Gasteiger partial charge in [-0.25, -0.2) is 4.98 Å². The van der Waals surface area contributed by atoms with Gasteiger partial charge in [0, 0.05) is 33.1 Å². The molecule has 1 aliphatic rings. The SMILES string of the molecule is CC(=O)N1CCN(c2nc3c(C)ccc(Cl)c3s2)CC1.Cl. The number of carbonyl (C=O) groups is 1. The highest BCUT2D eigenvalue weighted by Crippen LogP contribution is 2.35. The summed E-state index contributed by atoms with van der Waals surface area (Å²) in [6, 6.07) is 3.93. The van der Waals surface area contributed by atoms with Gasteiger partial charge in [0.1, 0.15) is 0 Å². The van der Waals surface area contributed by atoms with Crippen molar-refractivity contribution in [2.75, 3.05) is 31.1 Å².